The lowest BCUT2D eigenvalue weighted by Crippen LogP contribution is -2.41. The summed E-state index contributed by atoms with van der Waals surface area (Å²) in [4.78, 5) is 4.98. The number of nitrogens with one attached hydrogen (secondary N) is 1. The number of hydrogen-bond acceptors (Lipinski definition) is 3. The third-order valence-corrected chi connectivity index (χ3v) is 4.08. The van der Waals surface area contributed by atoms with Crippen LogP contribution in [0, 0.1) is 11.8 Å². The number of likely N-dealkylation sites (tertiary alicyclic amines) is 1. The molecule has 0 aromatic carbocycles. The molecule has 3 heteroatoms. The van der Waals surface area contributed by atoms with Gasteiger partial charge in [0.15, 0.2) is 0 Å². The molecule has 0 aliphatic carbocycles. The lowest BCUT2D eigenvalue weighted by atomic mass is 10.0. The fourth-order valence-electron chi connectivity index (χ4n) is 2.68. The highest BCUT2D eigenvalue weighted by molar-refractivity contribution is 4.79. The van der Waals surface area contributed by atoms with E-state index >= 15 is 0 Å². The van der Waals surface area contributed by atoms with E-state index in [0.29, 0.717) is 12.0 Å². The molecular weight excluding hydrogens is 198 g/mol. The minimum absolute atomic E-state index is 0.665. The van der Waals surface area contributed by atoms with Gasteiger partial charge in [-0.25, -0.2) is 0 Å². The molecule has 0 amide bonds. The van der Waals surface area contributed by atoms with Crippen molar-refractivity contribution in [1.82, 2.24) is 15.1 Å². The normalized spacial score (nSPS) is 26.2. The second kappa shape index (κ2) is 6.58. The predicted molar refractivity (Wildman–Crippen MR) is 70.8 cm³/mol. The van der Waals surface area contributed by atoms with Gasteiger partial charge in [0.1, 0.15) is 0 Å². The first kappa shape index (κ1) is 13.9. The fourth-order valence-corrected chi connectivity index (χ4v) is 2.68. The first-order valence-corrected chi connectivity index (χ1v) is 6.58. The van der Waals surface area contributed by atoms with Crippen LogP contribution in [0.25, 0.3) is 0 Å². The van der Waals surface area contributed by atoms with E-state index in [4.69, 9.17) is 0 Å². The Hall–Kier alpha value is -0.120. The van der Waals surface area contributed by atoms with Crippen LogP contribution < -0.4 is 5.32 Å². The highest BCUT2D eigenvalue weighted by Gasteiger charge is 2.24. The molecule has 0 aromatic heterocycles. The molecule has 0 saturated carbocycles. The highest BCUT2D eigenvalue weighted by Crippen LogP contribution is 2.18. The van der Waals surface area contributed by atoms with Gasteiger partial charge in [0.25, 0.3) is 0 Å². The summed E-state index contributed by atoms with van der Waals surface area (Å²) in [5, 5.41) is 3.27. The Morgan fingerprint density at radius 1 is 1.44 bits per heavy atom. The molecule has 1 heterocycles. The van der Waals surface area contributed by atoms with Crippen LogP contribution in [0.3, 0.4) is 0 Å². The van der Waals surface area contributed by atoms with Crippen LogP contribution in [0.5, 0.6) is 0 Å². The third kappa shape index (κ3) is 4.04. The standard InChI is InChI=1S/C13H29N3/c1-11(8-14-3)12(2)16(5)10-13-6-7-15(4)9-13/h11-14H,6-10H2,1-5H3. The van der Waals surface area contributed by atoms with E-state index < -0.39 is 0 Å². The SMILES string of the molecule is CNCC(C)C(C)N(C)CC1CCN(C)C1. The monoisotopic (exact) mass is 227 g/mol. The molecule has 0 radical (unpaired) electrons. The first-order valence-electron chi connectivity index (χ1n) is 6.58. The molecule has 3 atom stereocenters. The maximum atomic E-state index is 3.27. The van der Waals surface area contributed by atoms with Crippen LogP contribution in [0.4, 0.5) is 0 Å². The molecule has 1 N–H and O–H groups in total. The van der Waals surface area contributed by atoms with Gasteiger partial charge in [0, 0.05) is 19.1 Å². The second-order valence-corrected chi connectivity index (χ2v) is 5.63. The van der Waals surface area contributed by atoms with Crippen molar-refractivity contribution in [3.63, 3.8) is 0 Å². The quantitative estimate of drug-likeness (QED) is 0.733. The second-order valence-electron chi connectivity index (χ2n) is 5.63. The molecule has 96 valence electrons. The van der Waals surface area contributed by atoms with Crippen LogP contribution in [-0.2, 0) is 0 Å². The van der Waals surface area contributed by atoms with E-state index in [1.807, 2.05) is 7.05 Å². The van der Waals surface area contributed by atoms with Crippen LogP contribution >= 0.6 is 0 Å². The summed E-state index contributed by atoms with van der Waals surface area (Å²) in [6, 6.07) is 0.665. The molecule has 0 bridgehead atoms. The van der Waals surface area contributed by atoms with Crippen molar-refractivity contribution in [2.24, 2.45) is 11.8 Å². The zero-order valence-corrected chi connectivity index (χ0v) is 11.7. The molecular formula is C13H29N3. The predicted octanol–water partition coefficient (Wildman–Crippen LogP) is 1.11. The van der Waals surface area contributed by atoms with Gasteiger partial charge >= 0.3 is 0 Å². The Kier molecular flexibility index (Phi) is 5.73. The largest absolute Gasteiger partial charge is 0.319 e. The molecule has 0 spiro atoms. The summed E-state index contributed by atoms with van der Waals surface area (Å²) in [5.41, 5.74) is 0. The van der Waals surface area contributed by atoms with Crippen molar-refractivity contribution in [1.29, 1.82) is 0 Å². The van der Waals surface area contributed by atoms with E-state index in [9.17, 15) is 0 Å². The van der Waals surface area contributed by atoms with Gasteiger partial charge in [-0.3, -0.25) is 0 Å². The van der Waals surface area contributed by atoms with Gasteiger partial charge in [-0.2, -0.15) is 0 Å². The molecule has 1 saturated heterocycles. The molecule has 1 aliphatic rings. The fraction of sp³-hybridized carbons (Fsp3) is 1.00. The zero-order chi connectivity index (χ0) is 12.1. The average molecular weight is 227 g/mol. The minimum atomic E-state index is 0.665. The molecule has 1 aliphatic heterocycles. The van der Waals surface area contributed by atoms with Crippen LogP contribution in [0.2, 0.25) is 0 Å². The van der Waals surface area contributed by atoms with Crippen molar-refractivity contribution in [2.45, 2.75) is 26.3 Å². The van der Waals surface area contributed by atoms with E-state index in [1.165, 1.54) is 26.1 Å². The topological polar surface area (TPSA) is 18.5 Å². The van der Waals surface area contributed by atoms with E-state index in [-0.39, 0.29) is 0 Å². The zero-order valence-electron chi connectivity index (χ0n) is 11.7. The van der Waals surface area contributed by atoms with Gasteiger partial charge in [0.05, 0.1) is 0 Å². The summed E-state index contributed by atoms with van der Waals surface area (Å²) in [5.74, 6) is 1.59. The molecule has 0 aromatic rings. The van der Waals surface area contributed by atoms with Crippen LogP contribution in [0.15, 0.2) is 0 Å². The lowest BCUT2D eigenvalue weighted by molar-refractivity contribution is 0.172. The van der Waals surface area contributed by atoms with E-state index in [2.05, 4.69) is 43.1 Å². The maximum absolute atomic E-state index is 3.27. The van der Waals surface area contributed by atoms with Crippen molar-refractivity contribution in [3.05, 3.63) is 0 Å². The molecule has 1 fully saturated rings. The van der Waals surface area contributed by atoms with Gasteiger partial charge in [-0.1, -0.05) is 6.92 Å². The maximum Gasteiger partial charge on any atom is 0.0102 e. The summed E-state index contributed by atoms with van der Waals surface area (Å²) < 4.78 is 0. The summed E-state index contributed by atoms with van der Waals surface area (Å²) in [7, 11) is 6.54. The Morgan fingerprint density at radius 2 is 2.12 bits per heavy atom. The number of nitrogens with zero attached hydrogens (tertiary/aromatic N) is 2. The lowest BCUT2D eigenvalue weighted by Gasteiger charge is -2.31. The summed E-state index contributed by atoms with van der Waals surface area (Å²) >= 11 is 0. The minimum Gasteiger partial charge on any atom is -0.319 e. The highest BCUT2D eigenvalue weighted by atomic mass is 15.2. The molecule has 16 heavy (non-hydrogen) atoms. The van der Waals surface area contributed by atoms with Gasteiger partial charge in [-0.15, -0.1) is 0 Å². The Bertz CT molecular complexity index is 196. The molecule has 1 rings (SSSR count). The molecule has 3 unspecified atom stereocenters. The van der Waals surface area contributed by atoms with Crippen LogP contribution in [0.1, 0.15) is 20.3 Å². The summed E-state index contributed by atoms with van der Waals surface area (Å²) in [6.07, 6.45) is 1.37. The molecule has 3 nitrogen and oxygen atoms in total. The Balaban J connectivity index is 2.30. The summed E-state index contributed by atoms with van der Waals surface area (Å²) in [6.45, 7) is 9.59. The first-order chi connectivity index (χ1) is 7.54. The van der Waals surface area contributed by atoms with E-state index in [1.54, 1.807) is 0 Å². The third-order valence-electron chi connectivity index (χ3n) is 4.08. The Labute approximate surface area is 101 Å². The van der Waals surface area contributed by atoms with Crippen molar-refractivity contribution in [3.8, 4) is 0 Å². The van der Waals surface area contributed by atoms with Crippen molar-refractivity contribution >= 4 is 0 Å². The van der Waals surface area contributed by atoms with Crippen LogP contribution in [-0.4, -0.2) is 63.2 Å². The van der Waals surface area contributed by atoms with Gasteiger partial charge in [0.2, 0.25) is 0 Å². The van der Waals surface area contributed by atoms with Gasteiger partial charge in [-0.05, 0) is 59.4 Å². The smallest absolute Gasteiger partial charge is 0.0102 e. The van der Waals surface area contributed by atoms with Crippen molar-refractivity contribution in [2.75, 3.05) is 47.3 Å². The number of hydrogen-bond donors (Lipinski definition) is 1. The average Bonchev–Trinajstić information content (AvgIpc) is 2.63. The Morgan fingerprint density at radius 3 is 2.62 bits per heavy atom. The number of rotatable bonds is 6. The van der Waals surface area contributed by atoms with Crippen molar-refractivity contribution < 1.29 is 0 Å². The van der Waals surface area contributed by atoms with E-state index in [0.717, 1.165) is 12.5 Å². The van der Waals surface area contributed by atoms with Gasteiger partial charge < -0.3 is 15.1 Å².